The number of phenolic OH excluding ortho intramolecular Hbond substituents is 1. The molecule has 1 saturated heterocycles. The van der Waals surface area contributed by atoms with E-state index in [9.17, 15) is 9.90 Å². The van der Waals surface area contributed by atoms with Crippen molar-refractivity contribution in [3.63, 3.8) is 0 Å². The molecule has 1 aliphatic rings. The van der Waals surface area contributed by atoms with Crippen molar-refractivity contribution in [1.82, 2.24) is 4.90 Å². The van der Waals surface area contributed by atoms with E-state index in [-0.39, 0.29) is 11.7 Å². The van der Waals surface area contributed by atoms with Gasteiger partial charge in [0.2, 0.25) is 0 Å². The van der Waals surface area contributed by atoms with Gasteiger partial charge in [-0.05, 0) is 54.6 Å². The molecule has 6 heteroatoms. The lowest BCUT2D eigenvalue weighted by Crippen LogP contribution is -2.29. The molecule has 1 N–H and O–H groups in total. The van der Waals surface area contributed by atoms with Crippen molar-refractivity contribution in [2.75, 3.05) is 13.7 Å². The largest absolute Gasteiger partial charge is 0.507 e. The predicted octanol–water partition coefficient (Wildman–Crippen LogP) is 4.41. The van der Waals surface area contributed by atoms with Crippen LogP contribution in [0.5, 0.6) is 11.5 Å². The molecule has 5 nitrogen and oxygen atoms in total. The third-order valence-corrected chi connectivity index (χ3v) is 4.86. The molecule has 1 fully saturated rings. The van der Waals surface area contributed by atoms with Crippen molar-refractivity contribution >= 4 is 34.6 Å². The number of nitrogens with zero attached hydrogens (tertiary/aromatic N) is 2. The topological polar surface area (TPSA) is 62.1 Å². The highest BCUT2D eigenvalue weighted by Crippen LogP contribution is 2.35. The minimum absolute atomic E-state index is 0.0904. The van der Waals surface area contributed by atoms with Gasteiger partial charge in [-0.1, -0.05) is 25.1 Å². The lowest BCUT2D eigenvalue weighted by molar-refractivity contribution is -0.122. The summed E-state index contributed by atoms with van der Waals surface area (Å²) in [5, 5.41) is 10.6. The summed E-state index contributed by atoms with van der Waals surface area (Å²) in [5.41, 5.74) is 1.37. The van der Waals surface area contributed by atoms with Gasteiger partial charge in [0.05, 0.1) is 17.7 Å². The molecule has 3 rings (SSSR count). The van der Waals surface area contributed by atoms with Crippen molar-refractivity contribution in [3.05, 3.63) is 59.0 Å². The highest BCUT2D eigenvalue weighted by atomic mass is 32.2. The zero-order valence-electron chi connectivity index (χ0n) is 14.7. The number of carbonyl (C=O) groups excluding carboxylic acids is 1. The Balaban J connectivity index is 1.93. The van der Waals surface area contributed by atoms with E-state index < -0.39 is 0 Å². The second-order valence-corrected chi connectivity index (χ2v) is 6.73. The second kappa shape index (κ2) is 8.10. The van der Waals surface area contributed by atoms with Gasteiger partial charge in [0.25, 0.3) is 5.91 Å². The molecule has 0 radical (unpaired) electrons. The van der Waals surface area contributed by atoms with Crippen LogP contribution in [0.2, 0.25) is 0 Å². The zero-order chi connectivity index (χ0) is 18.5. The van der Waals surface area contributed by atoms with E-state index >= 15 is 0 Å². The van der Waals surface area contributed by atoms with Crippen molar-refractivity contribution in [2.45, 2.75) is 13.3 Å². The molecule has 1 heterocycles. The van der Waals surface area contributed by atoms with Crippen LogP contribution in [0, 0.1) is 0 Å². The van der Waals surface area contributed by atoms with Crippen LogP contribution in [-0.2, 0) is 4.79 Å². The molecule has 0 unspecified atom stereocenters. The SMILES string of the molecule is CCCN1C(=O)/C(=C\c2ccccc2O)SC1=Nc1ccc(OC)cc1. The smallest absolute Gasteiger partial charge is 0.266 e. The maximum Gasteiger partial charge on any atom is 0.266 e. The summed E-state index contributed by atoms with van der Waals surface area (Å²) >= 11 is 1.32. The van der Waals surface area contributed by atoms with Gasteiger partial charge in [-0.25, -0.2) is 4.99 Å². The summed E-state index contributed by atoms with van der Waals surface area (Å²) in [6, 6.07) is 14.3. The van der Waals surface area contributed by atoms with Crippen molar-refractivity contribution in [3.8, 4) is 11.5 Å². The summed E-state index contributed by atoms with van der Waals surface area (Å²) in [4.78, 5) is 19.6. The first-order valence-corrected chi connectivity index (χ1v) is 9.16. The van der Waals surface area contributed by atoms with Crippen molar-refractivity contribution < 1.29 is 14.6 Å². The molecule has 2 aromatic carbocycles. The number of hydrogen-bond acceptors (Lipinski definition) is 5. The van der Waals surface area contributed by atoms with E-state index in [2.05, 4.69) is 4.99 Å². The predicted molar refractivity (Wildman–Crippen MR) is 106 cm³/mol. The van der Waals surface area contributed by atoms with E-state index in [0.717, 1.165) is 17.9 Å². The number of amides is 1. The highest BCUT2D eigenvalue weighted by Gasteiger charge is 2.32. The van der Waals surface area contributed by atoms with E-state index in [1.807, 2.05) is 37.3 Å². The number of aliphatic imine (C=N–C) groups is 1. The van der Waals surface area contributed by atoms with E-state index in [4.69, 9.17) is 4.74 Å². The van der Waals surface area contributed by atoms with Crippen molar-refractivity contribution in [2.24, 2.45) is 4.99 Å². The van der Waals surface area contributed by atoms with Gasteiger partial charge in [0, 0.05) is 12.1 Å². The summed E-state index contributed by atoms with van der Waals surface area (Å²) in [5.74, 6) is 0.818. The third-order valence-electron chi connectivity index (χ3n) is 3.86. The quantitative estimate of drug-likeness (QED) is 0.794. The Bertz CT molecular complexity index is 860. The Morgan fingerprint density at radius 3 is 2.58 bits per heavy atom. The van der Waals surface area contributed by atoms with Crippen LogP contribution in [0.15, 0.2) is 58.4 Å². The maximum atomic E-state index is 12.8. The normalized spacial score (nSPS) is 17.3. The Hall–Kier alpha value is -2.73. The first-order valence-electron chi connectivity index (χ1n) is 8.34. The number of hydrogen-bond donors (Lipinski definition) is 1. The van der Waals surface area contributed by atoms with Gasteiger partial charge in [0.15, 0.2) is 5.17 Å². The van der Waals surface area contributed by atoms with E-state index in [1.54, 1.807) is 36.3 Å². The van der Waals surface area contributed by atoms with Crippen LogP contribution in [0.3, 0.4) is 0 Å². The third kappa shape index (κ3) is 3.91. The molecule has 2 aromatic rings. The first-order chi connectivity index (χ1) is 12.6. The average Bonchev–Trinajstić information content (AvgIpc) is 2.93. The Labute approximate surface area is 157 Å². The van der Waals surface area contributed by atoms with E-state index in [0.29, 0.717) is 22.2 Å². The van der Waals surface area contributed by atoms with Crippen LogP contribution in [-0.4, -0.2) is 34.7 Å². The molecule has 0 saturated carbocycles. The Morgan fingerprint density at radius 2 is 1.92 bits per heavy atom. The van der Waals surface area contributed by atoms with Gasteiger partial charge in [-0.3, -0.25) is 9.69 Å². The number of para-hydroxylation sites is 1. The summed E-state index contributed by atoms with van der Waals surface area (Å²) in [6.07, 6.45) is 2.54. The summed E-state index contributed by atoms with van der Waals surface area (Å²) < 4.78 is 5.16. The van der Waals surface area contributed by atoms with Crippen LogP contribution in [0.1, 0.15) is 18.9 Å². The Kier molecular flexibility index (Phi) is 5.63. The minimum atomic E-state index is -0.0904. The number of amidine groups is 1. The number of rotatable bonds is 5. The molecule has 0 bridgehead atoms. The lowest BCUT2D eigenvalue weighted by Gasteiger charge is -2.14. The fraction of sp³-hybridized carbons (Fsp3) is 0.200. The van der Waals surface area contributed by atoms with Gasteiger partial charge in [-0.2, -0.15) is 0 Å². The number of methoxy groups -OCH3 is 1. The van der Waals surface area contributed by atoms with Crippen LogP contribution in [0.25, 0.3) is 6.08 Å². The fourth-order valence-electron chi connectivity index (χ4n) is 2.53. The van der Waals surface area contributed by atoms with Gasteiger partial charge in [-0.15, -0.1) is 0 Å². The molecule has 1 amide bonds. The molecule has 0 aromatic heterocycles. The molecule has 26 heavy (non-hydrogen) atoms. The lowest BCUT2D eigenvalue weighted by atomic mass is 10.2. The number of benzene rings is 2. The average molecular weight is 368 g/mol. The molecule has 1 aliphatic heterocycles. The molecule has 0 atom stereocenters. The number of phenols is 1. The zero-order valence-corrected chi connectivity index (χ0v) is 15.5. The number of thioether (sulfide) groups is 1. The van der Waals surface area contributed by atoms with E-state index in [1.165, 1.54) is 11.8 Å². The molecule has 0 spiro atoms. The Morgan fingerprint density at radius 1 is 1.19 bits per heavy atom. The van der Waals surface area contributed by atoms with Gasteiger partial charge in [0.1, 0.15) is 11.5 Å². The number of aromatic hydroxyl groups is 1. The van der Waals surface area contributed by atoms with Crippen LogP contribution < -0.4 is 4.74 Å². The second-order valence-electron chi connectivity index (χ2n) is 5.72. The van der Waals surface area contributed by atoms with Gasteiger partial charge < -0.3 is 9.84 Å². The number of carbonyl (C=O) groups is 1. The van der Waals surface area contributed by atoms with Crippen LogP contribution >= 0.6 is 11.8 Å². The minimum Gasteiger partial charge on any atom is -0.507 e. The standard InChI is InChI=1S/C20H20N2O3S/c1-3-12-22-19(24)18(13-14-6-4-5-7-17(14)23)26-20(22)21-15-8-10-16(25-2)11-9-15/h4-11,13,23H,3,12H2,1-2H3/b18-13+,21-20?. The first kappa shape index (κ1) is 18.1. The molecular weight excluding hydrogens is 348 g/mol. The highest BCUT2D eigenvalue weighted by molar-refractivity contribution is 8.18. The monoisotopic (exact) mass is 368 g/mol. The maximum absolute atomic E-state index is 12.8. The molecule has 134 valence electrons. The summed E-state index contributed by atoms with van der Waals surface area (Å²) in [7, 11) is 1.62. The van der Waals surface area contributed by atoms with Crippen molar-refractivity contribution in [1.29, 1.82) is 0 Å². The molecule has 0 aliphatic carbocycles. The summed E-state index contributed by atoms with van der Waals surface area (Å²) in [6.45, 7) is 2.62. The van der Waals surface area contributed by atoms with Gasteiger partial charge >= 0.3 is 0 Å². The fourth-order valence-corrected chi connectivity index (χ4v) is 3.55. The number of ether oxygens (including phenoxy) is 1. The molecular formula is C20H20N2O3S. The van der Waals surface area contributed by atoms with Crippen LogP contribution in [0.4, 0.5) is 5.69 Å².